The van der Waals surface area contributed by atoms with E-state index < -0.39 is 5.97 Å². The number of carbonyl (C=O) groups is 2. The van der Waals surface area contributed by atoms with Crippen LogP contribution in [0, 0.1) is 0 Å². The van der Waals surface area contributed by atoms with Crippen LogP contribution in [0.15, 0.2) is 60.8 Å². The number of nitrogens with one attached hydrogen (secondary N) is 3. The first-order chi connectivity index (χ1) is 13.6. The van der Waals surface area contributed by atoms with Crippen LogP contribution in [0.5, 0.6) is 0 Å². The molecule has 28 heavy (non-hydrogen) atoms. The van der Waals surface area contributed by atoms with E-state index >= 15 is 0 Å². The van der Waals surface area contributed by atoms with Crippen LogP contribution >= 0.6 is 0 Å². The van der Waals surface area contributed by atoms with Gasteiger partial charge < -0.3 is 20.7 Å². The van der Waals surface area contributed by atoms with Gasteiger partial charge in [-0.25, -0.2) is 4.79 Å². The van der Waals surface area contributed by atoms with E-state index in [2.05, 4.69) is 21.7 Å². The Morgan fingerprint density at radius 1 is 1.04 bits per heavy atom. The lowest BCUT2D eigenvalue weighted by atomic mass is 10.0. The number of carboxylic acids is 1. The molecule has 0 spiro atoms. The second-order valence-corrected chi connectivity index (χ2v) is 6.87. The van der Waals surface area contributed by atoms with Crippen molar-refractivity contribution in [1.82, 2.24) is 15.6 Å². The second kappa shape index (κ2) is 9.60. The Morgan fingerprint density at radius 3 is 2.64 bits per heavy atom. The number of fused-ring (bicyclic) bond motifs is 1. The van der Waals surface area contributed by atoms with E-state index in [0.717, 1.165) is 28.5 Å². The van der Waals surface area contributed by atoms with Gasteiger partial charge in [0, 0.05) is 30.7 Å². The molecule has 2 aromatic carbocycles. The Morgan fingerprint density at radius 2 is 1.86 bits per heavy atom. The molecule has 3 aromatic rings. The topological polar surface area (TPSA) is 94.2 Å². The molecular formula is C22H25N3O3. The summed E-state index contributed by atoms with van der Waals surface area (Å²) < 4.78 is 0. The molecule has 3 rings (SSSR count). The quantitative estimate of drug-likeness (QED) is 0.458. The number of aromatic amines is 1. The van der Waals surface area contributed by atoms with Gasteiger partial charge in [-0.1, -0.05) is 36.4 Å². The summed E-state index contributed by atoms with van der Waals surface area (Å²) in [6.45, 7) is 0.513. The molecule has 1 heterocycles. The predicted octanol–water partition coefficient (Wildman–Crippen LogP) is 3.49. The molecule has 2 amide bonds. The van der Waals surface area contributed by atoms with Crippen molar-refractivity contribution in [3.8, 4) is 0 Å². The molecule has 1 aromatic heterocycles. The van der Waals surface area contributed by atoms with Crippen molar-refractivity contribution in [2.45, 2.75) is 31.7 Å². The third-order valence-corrected chi connectivity index (χ3v) is 4.68. The normalized spacial score (nSPS) is 11.9. The van der Waals surface area contributed by atoms with E-state index in [0.29, 0.717) is 19.4 Å². The lowest BCUT2D eigenvalue weighted by molar-refractivity contribution is -0.137. The molecule has 0 aliphatic carbocycles. The Bertz CT molecular complexity index is 921. The van der Waals surface area contributed by atoms with Crippen molar-refractivity contribution >= 4 is 22.9 Å². The Kier molecular flexibility index (Phi) is 6.68. The number of aromatic nitrogens is 1. The van der Waals surface area contributed by atoms with Crippen LogP contribution in [0.3, 0.4) is 0 Å². The lowest BCUT2D eigenvalue weighted by Gasteiger charge is -2.19. The van der Waals surface area contributed by atoms with Crippen LogP contribution in [0.25, 0.3) is 10.9 Å². The molecule has 0 aliphatic rings. The fourth-order valence-electron chi connectivity index (χ4n) is 3.24. The number of hydrogen-bond donors (Lipinski definition) is 4. The van der Waals surface area contributed by atoms with E-state index in [9.17, 15) is 9.59 Å². The van der Waals surface area contributed by atoms with Crippen molar-refractivity contribution < 1.29 is 14.7 Å². The summed E-state index contributed by atoms with van der Waals surface area (Å²) in [5.41, 5.74) is 3.31. The summed E-state index contributed by atoms with van der Waals surface area (Å²) >= 11 is 0. The number of H-pyrrole nitrogens is 1. The minimum absolute atomic E-state index is 0.0223. The van der Waals surface area contributed by atoms with Gasteiger partial charge in [0.05, 0.1) is 0 Å². The Balaban J connectivity index is 1.49. The van der Waals surface area contributed by atoms with Crippen LogP contribution in [-0.4, -0.2) is 34.7 Å². The van der Waals surface area contributed by atoms with Gasteiger partial charge in [0.25, 0.3) is 0 Å². The first-order valence-electron chi connectivity index (χ1n) is 9.46. The van der Waals surface area contributed by atoms with Crippen molar-refractivity contribution in [2.24, 2.45) is 0 Å². The Hall–Kier alpha value is -3.28. The summed E-state index contributed by atoms with van der Waals surface area (Å²) in [4.78, 5) is 26.3. The van der Waals surface area contributed by atoms with Crippen molar-refractivity contribution in [2.75, 3.05) is 6.54 Å². The van der Waals surface area contributed by atoms with E-state index in [1.54, 1.807) is 0 Å². The van der Waals surface area contributed by atoms with E-state index in [4.69, 9.17) is 5.11 Å². The van der Waals surface area contributed by atoms with Crippen molar-refractivity contribution in [3.05, 3.63) is 71.9 Å². The highest BCUT2D eigenvalue weighted by molar-refractivity contribution is 5.80. The summed E-state index contributed by atoms with van der Waals surface area (Å²) in [5.74, 6) is -0.861. The van der Waals surface area contributed by atoms with Crippen molar-refractivity contribution in [1.29, 1.82) is 0 Å². The summed E-state index contributed by atoms with van der Waals surface area (Å²) in [6, 6.07) is 17.5. The maximum atomic E-state index is 12.3. The highest BCUT2D eigenvalue weighted by Gasteiger charge is 2.14. The zero-order valence-corrected chi connectivity index (χ0v) is 15.7. The standard InChI is InChI=1S/C22H25N3O3/c26-21(27)9-7-19(15-16-4-2-1-3-5-16)25-22(28)24-12-10-17-6-8-20-18(14-17)11-13-23-20/h1-6,8,11,13-14,19,23H,7,9-10,12,15H2,(H,26,27)(H2,24,25,28). The average Bonchev–Trinajstić information content (AvgIpc) is 3.15. The average molecular weight is 379 g/mol. The van der Waals surface area contributed by atoms with Gasteiger partial charge in [0.1, 0.15) is 0 Å². The third-order valence-electron chi connectivity index (χ3n) is 4.68. The molecule has 6 heteroatoms. The smallest absolute Gasteiger partial charge is 0.315 e. The van der Waals surface area contributed by atoms with Gasteiger partial charge in [-0.05, 0) is 54.0 Å². The van der Waals surface area contributed by atoms with Gasteiger partial charge >= 0.3 is 12.0 Å². The van der Waals surface area contributed by atoms with Gasteiger partial charge in [0.2, 0.25) is 0 Å². The molecule has 0 fully saturated rings. The number of rotatable bonds is 9. The van der Waals surface area contributed by atoms with Crippen LogP contribution in [-0.2, 0) is 17.6 Å². The van der Waals surface area contributed by atoms with Gasteiger partial charge in [0.15, 0.2) is 0 Å². The molecule has 0 radical (unpaired) electrons. The minimum Gasteiger partial charge on any atom is -0.481 e. The van der Waals surface area contributed by atoms with Gasteiger partial charge in [-0.2, -0.15) is 0 Å². The van der Waals surface area contributed by atoms with E-state index in [-0.39, 0.29) is 18.5 Å². The number of aliphatic carboxylic acids is 1. The molecule has 6 nitrogen and oxygen atoms in total. The molecule has 1 atom stereocenters. The molecule has 4 N–H and O–H groups in total. The maximum Gasteiger partial charge on any atom is 0.315 e. The molecule has 0 bridgehead atoms. The third kappa shape index (κ3) is 5.87. The van der Waals surface area contributed by atoms with E-state index in [1.807, 2.05) is 54.7 Å². The number of carbonyl (C=O) groups excluding carboxylic acids is 1. The van der Waals surface area contributed by atoms with Crippen LogP contribution < -0.4 is 10.6 Å². The zero-order chi connectivity index (χ0) is 19.8. The monoisotopic (exact) mass is 379 g/mol. The van der Waals surface area contributed by atoms with E-state index in [1.165, 1.54) is 0 Å². The number of benzene rings is 2. The lowest BCUT2D eigenvalue weighted by Crippen LogP contribution is -2.44. The Labute approximate surface area is 164 Å². The van der Waals surface area contributed by atoms with Gasteiger partial charge in [-0.3, -0.25) is 4.79 Å². The first-order valence-corrected chi connectivity index (χ1v) is 9.46. The molecule has 1 unspecified atom stereocenters. The summed E-state index contributed by atoms with van der Waals surface area (Å²) in [5, 5.41) is 15.9. The highest BCUT2D eigenvalue weighted by atomic mass is 16.4. The predicted molar refractivity (Wildman–Crippen MR) is 109 cm³/mol. The molecule has 0 aliphatic heterocycles. The molecular weight excluding hydrogens is 354 g/mol. The molecule has 0 saturated carbocycles. The fourth-order valence-corrected chi connectivity index (χ4v) is 3.24. The fraction of sp³-hybridized carbons (Fsp3) is 0.273. The summed E-state index contributed by atoms with van der Waals surface area (Å²) in [6.07, 6.45) is 3.65. The molecule has 146 valence electrons. The number of amides is 2. The van der Waals surface area contributed by atoms with Gasteiger partial charge in [-0.15, -0.1) is 0 Å². The van der Waals surface area contributed by atoms with Crippen LogP contribution in [0.4, 0.5) is 4.79 Å². The number of urea groups is 1. The largest absolute Gasteiger partial charge is 0.481 e. The minimum atomic E-state index is -0.861. The zero-order valence-electron chi connectivity index (χ0n) is 15.7. The van der Waals surface area contributed by atoms with Crippen LogP contribution in [0.1, 0.15) is 24.0 Å². The summed E-state index contributed by atoms with van der Waals surface area (Å²) in [7, 11) is 0. The SMILES string of the molecule is O=C(O)CCC(Cc1ccccc1)NC(=O)NCCc1ccc2[nH]ccc2c1. The maximum absolute atomic E-state index is 12.3. The highest BCUT2D eigenvalue weighted by Crippen LogP contribution is 2.14. The second-order valence-electron chi connectivity index (χ2n) is 6.87. The number of hydrogen-bond acceptors (Lipinski definition) is 2. The first kappa shape index (κ1) is 19.5. The van der Waals surface area contributed by atoms with Crippen LogP contribution in [0.2, 0.25) is 0 Å². The molecule has 0 saturated heterocycles. The number of carboxylic acid groups (broad SMARTS) is 1. The van der Waals surface area contributed by atoms with Crippen molar-refractivity contribution in [3.63, 3.8) is 0 Å².